The van der Waals surface area contributed by atoms with Crippen LogP contribution in [-0.2, 0) is 38.7 Å². The van der Waals surface area contributed by atoms with Crippen molar-refractivity contribution in [3.05, 3.63) is 113 Å². The third-order valence-corrected chi connectivity index (χ3v) is 9.16. The molecule has 0 aliphatic carbocycles. The zero-order valence-corrected chi connectivity index (χ0v) is 24.4. The van der Waals surface area contributed by atoms with Gasteiger partial charge in [-0.1, -0.05) is 48.5 Å². The average Bonchev–Trinajstić information content (AvgIpc) is 3.43. The number of alkyl halides is 3. The van der Waals surface area contributed by atoms with Crippen molar-refractivity contribution in [1.29, 1.82) is 0 Å². The standard InChI is InChI=1S/C32H27F3N2O6S/c1-42-29-18-23(31(39)43-2)10-11-24(29)19-36-30(38)28-17-22-6-3-4-9-27(22)37(28)44(40,41)26-14-12-20(13-15-26)21-7-5-8-25(16-21)32(33,34)35/h3-16,18,28H,17,19H2,1-2H3,(H,36,38)/t28-/m0/s1. The van der Waals surface area contributed by atoms with Crippen LogP contribution in [0.15, 0.2) is 95.9 Å². The number of nitrogens with zero attached hydrogens (tertiary/aromatic N) is 1. The van der Waals surface area contributed by atoms with Crippen molar-refractivity contribution < 1.29 is 40.7 Å². The molecule has 5 rings (SSSR count). The largest absolute Gasteiger partial charge is 0.496 e. The van der Waals surface area contributed by atoms with Crippen LogP contribution in [0.3, 0.4) is 0 Å². The predicted molar refractivity (Wildman–Crippen MR) is 157 cm³/mol. The number of fused-ring (bicyclic) bond motifs is 1. The van der Waals surface area contributed by atoms with E-state index in [1.807, 2.05) is 0 Å². The Kier molecular flexibility index (Phi) is 8.38. The maximum atomic E-state index is 14.0. The number of hydrogen-bond donors (Lipinski definition) is 1. The number of rotatable bonds is 8. The number of hydrogen-bond acceptors (Lipinski definition) is 6. The molecule has 0 saturated carbocycles. The highest BCUT2D eigenvalue weighted by Crippen LogP contribution is 2.38. The zero-order chi connectivity index (χ0) is 31.6. The number of para-hydroxylation sites is 1. The smallest absolute Gasteiger partial charge is 0.416 e. The first-order valence-corrected chi connectivity index (χ1v) is 14.8. The monoisotopic (exact) mass is 624 g/mol. The summed E-state index contributed by atoms with van der Waals surface area (Å²) in [7, 11) is -1.60. The highest BCUT2D eigenvalue weighted by Gasteiger charge is 2.42. The molecule has 0 bridgehead atoms. The highest BCUT2D eigenvalue weighted by atomic mass is 32.2. The van der Waals surface area contributed by atoms with Crippen LogP contribution in [-0.4, -0.2) is 40.6 Å². The molecule has 4 aromatic rings. The van der Waals surface area contributed by atoms with Crippen molar-refractivity contribution in [2.24, 2.45) is 0 Å². The van der Waals surface area contributed by atoms with Gasteiger partial charge in [0, 0.05) is 18.5 Å². The Hall–Kier alpha value is -4.84. The third kappa shape index (κ3) is 5.98. The number of esters is 1. The van der Waals surface area contributed by atoms with Gasteiger partial charge in [0.05, 0.1) is 35.9 Å². The predicted octanol–water partition coefficient (Wildman–Crippen LogP) is 5.60. The molecule has 1 aliphatic rings. The lowest BCUT2D eigenvalue weighted by molar-refractivity contribution is -0.137. The number of halogens is 3. The van der Waals surface area contributed by atoms with Gasteiger partial charge in [0.1, 0.15) is 11.8 Å². The van der Waals surface area contributed by atoms with E-state index in [9.17, 15) is 31.2 Å². The summed E-state index contributed by atoms with van der Waals surface area (Å²) in [5.74, 6) is -0.760. The lowest BCUT2D eigenvalue weighted by Gasteiger charge is -2.26. The number of amides is 1. The average molecular weight is 625 g/mol. The quantitative estimate of drug-likeness (QED) is 0.256. The fourth-order valence-corrected chi connectivity index (χ4v) is 6.75. The molecule has 4 aromatic carbocycles. The topological polar surface area (TPSA) is 102 Å². The summed E-state index contributed by atoms with van der Waals surface area (Å²) in [5, 5.41) is 2.78. The molecular weight excluding hydrogens is 597 g/mol. The molecule has 1 N–H and O–H groups in total. The maximum Gasteiger partial charge on any atom is 0.416 e. The summed E-state index contributed by atoms with van der Waals surface area (Å²) >= 11 is 0. The van der Waals surface area contributed by atoms with Crippen LogP contribution >= 0.6 is 0 Å². The molecule has 8 nitrogen and oxygen atoms in total. The number of benzene rings is 4. The first kappa shape index (κ1) is 30.6. The molecule has 1 aliphatic heterocycles. The Morgan fingerprint density at radius 2 is 1.64 bits per heavy atom. The normalized spacial score (nSPS) is 14.6. The Morgan fingerprint density at radius 1 is 0.909 bits per heavy atom. The fraction of sp³-hybridized carbons (Fsp3) is 0.188. The van der Waals surface area contributed by atoms with E-state index >= 15 is 0 Å². The van der Waals surface area contributed by atoms with Crippen LogP contribution in [0.4, 0.5) is 18.9 Å². The van der Waals surface area contributed by atoms with Gasteiger partial charge in [-0.2, -0.15) is 13.2 Å². The number of sulfonamides is 1. The number of carbonyl (C=O) groups excluding carboxylic acids is 2. The van der Waals surface area contributed by atoms with E-state index < -0.39 is 39.7 Å². The third-order valence-electron chi connectivity index (χ3n) is 7.32. The molecule has 0 aromatic heterocycles. The van der Waals surface area contributed by atoms with Crippen molar-refractivity contribution in [2.75, 3.05) is 18.5 Å². The highest BCUT2D eigenvalue weighted by molar-refractivity contribution is 7.93. The number of anilines is 1. The first-order valence-electron chi connectivity index (χ1n) is 13.4. The van der Waals surface area contributed by atoms with Crippen LogP contribution in [0.2, 0.25) is 0 Å². The van der Waals surface area contributed by atoms with Crippen molar-refractivity contribution in [3.63, 3.8) is 0 Å². The molecular formula is C32H27F3N2O6S. The van der Waals surface area contributed by atoms with Gasteiger partial charge in [-0.15, -0.1) is 0 Å². The van der Waals surface area contributed by atoms with E-state index in [0.717, 1.165) is 16.4 Å². The summed E-state index contributed by atoms with van der Waals surface area (Å²) in [6.45, 7) is -0.00409. The summed E-state index contributed by atoms with van der Waals surface area (Å²) < 4.78 is 78.8. The molecule has 0 saturated heterocycles. The van der Waals surface area contributed by atoms with E-state index in [1.165, 1.54) is 62.8 Å². The van der Waals surface area contributed by atoms with Gasteiger partial charge in [-0.05, 0) is 59.2 Å². The lowest BCUT2D eigenvalue weighted by atomic mass is 10.0. The van der Waals surface area contributed by atoms with Crippen molar-refractivity contribution in [2.45, 2.75) is 30.1 Å². The summed E-state index contributed by atoms with van der Waals surface area (Å²) in [6, 6.07) is 20.6. The Bertz CT molecular complexity index is 1820. The van der Waals surface area contributed by atoms with Crippen LogP contribution in [0.5, 0.6) is 5.75 Å². The van der Waals surface area contributed by atoms with Crippen LogP contribution in [0, 0.1) is 0 Å². The molecule has 0 unspecified atom stereocenters. The molecule has 1 heterocycles. The number of carbonyl (C=O) groups is 2. The maximum absolute atomic E-state index is 14.0. The van der Waals surface area contributed by atoms with Crippen molar-refractivity contribution in [1.82, 2.24) is 5.32 Å². The van der Waals surface area contributed by atoms with Gasteiger partial charge in [0.2, 0.25) is 5.91 Å². The van der Waals surface area contributed by atoms with E-state index in [1.54, 1.807) is 30.3 Å². The molecule has 0 spiro atoms. The van der Waals surface area contributed by atoms with Crippen molar-refractivity contribution >= 4 is 27.6 Å². The van der Waals surface area contributed by atoms with Gasteiger partial charge in [-0.25, -0.2) is 13.2 Å². The zero-order valence-electron chi connectivity index (χ0n) is 23.6. The van der Waals surface area contributed by atoms with E-state index in [2.05, 4.69) is 5.32 Å². The van der Waals surface area contributed by atoms with Crippen molar-refractivity contribution in [3.8, 4) is 16.9 Å². The Labute approximate surface area is 252 Å². The fourth-order valence-electron chi connectivity index (χ4n) is 5.10. The van der Waals surface area contributed by atoms with Gasteiger partial charge < -0.3 is 14.8 Å². The summed E-state index contributed by atoms with van der Waals surface area (Å²) in [4.78, 5) is 25.3. The Balaban J connectivity index is 1.41. The molecule has 1 amide bonds. The second-order valence-electron chi connectivity index (χ2n) is 9.99. The summed E-state index contributed by atoms with van der Waals surface area (Å²) in [5.41, 5.74) is 1.71. The van der Waals surface area contributed by atoms with E-state index in [-0.39, 0.29) is 29.0 Å². The molecule has 44 heavy (non-hydrogen) atoms. The Morgan fingerprint density at radius 3 is 2.32 bits per heavy atom. The van der Waals surface area contributed by atoms with Gasteiger partial charge in [0.25, 0.3) is 10.0 Å². The van der Waals surface area contributed by atoms with Gasteiger partial charge in [-0.3, -0.25) is 9.10 Å². The SMILES string of the molecule is COC(=O)c1ccc(CNC(=O)[C@@H]2Cc3ccccc3N2S(=O)(=O)c2ccc(-c3cccc(C(F)(F)F)c3)cc2)c(OC)c1. The van der Waals surface area contributed by atoms with Gasteiger partial charge in [0.15, 0.2) is 0 Å². The number of ether oxygens (including phenoxy) is 2. The first-order chi connectivity index (χ1) is 20.9. The molecule has 0 radical (unpaired) electrons. The molecule has 0 fully saturated rings. The van der Waals surface area contributed by atoms with E-state index in [4.69, 9.17) is 9.47 Å². The van der Waals surface area contributed by atoms with Crippen LogP contribution in [0.1, 0.15) is 27.0 Å². The number of nitrogens with one attached hydrogen (secondary N) is 1. The minimum Gasteiger partial charge on any atom is -0.496 e. The summed E-state index contributed by atoms with van der Waals surface area (Å²) in [6.07, 6.45) is -4.39. The molecule has 228 valence electrons. The van der Waals surface area contributed by atoms with Gasteiger partial charge >= 0.3 is 12.1 Å². The molecule has 1 atom stereocenters. The second-order valence-corrected chi connectivity index (χ2v) is 11.8. The minimum atomic E-state index is -4.52. The van der Waals surface area contributed by atoms with E-state index in [0.29, 0.717) is 28.1 Å². The number of methoxy groups -OCH3 is 2. The molecule has 12 heteroatoms. The lowest BCUT2D eigenvalue weighted by Crippen LogP contribution is -2.47. The van der Waals surface area contributed by atoms with Crippen LogP contribution < -0.4 is 14.4 Å². The van der Waals surface area contributed by atoms with Crippen LogP contribution in [0.25, 0.3) is 11.1 Å². The minimum absolute atomic E-state index is 0.00409. The second kappa shape index (κ2) is 12.0.